The second-order valence-electron chi connectivity index (χ2n) is 6.22. The van der Waals surface area contributed by atoms with E-state index in [-0.39, 0.29) is 12.0 Å². The molecule has 1 aliphatic heterocycles. The molecule has 22 heavy (non-hydrogen) atoms. The van der Waals surface area contributed by atoms with Gasteiger partial charge in [-0.2, -0.15) is 0 Å². The predicted molar refractivity (Wildman–Crippen MR) is 88.0 cm³/mol. The summed E-state index contributed by atoms with van der Waals surface area (Å²) in [7, 11) is 0. The van der Waals surface area contributed by atoms with E-state index in [1.807, 2.05) is 25.7 Å². The zero-order valence-electron chi connectivity index (χ0n) is 12.9. The van der Waals surface area contributed by atoms with Gasteiger partial charge in [0.05, 0.1) is 10.7 Å². The quantitative estimate of drug-likeness (QED) is 0.579. The van der Waals surface area contributed by atoms with Crippen LogP contribution in [0.4, 0.5) is 0 Å². The Morgan fingerprint density at radius 1 is 1.55 bits per heavy atom. The standard InChI is InChI=1S/C15H20BrClN2O3/c1-15(2,3)22-14(20)12-5-4-6-19(12)9-21-10-7-11(16)13(17)18-8-10/h7-8,12H,4-6,9H2,1-3H3/t12-/m1/s1. The van der Waals surface area contributed by atoms with Crippen molar-refractivity contribution in [1.29, 1.82) is 0 Å². The smallest absolute Gasteiger partial charge is 0.323 e. The first kappa shape index (κ1) is 17.5. The average molecular weight is 392 g/mol. The van der Waals surface area contributed by atoms with E-state index in [0.29, 0.717) is 22.1 Å². The molecule has 0 unspecified atom stereocenters. The Hall–Kier alpha value is -0.850. The second-order valence-corrected chi connectivity index (χ2v) is 7.43. The first-order valence-electron chi connectivity index (χ1n) is 7.17. The van der Waals surface area contributed by atoms with Crippen LogP contribution in [0.15, 0.2) is 16.7 Å². The number of nitrogens with zero attached hydrogens (tertiary/aromatic N) is 2. The Morgan fingerprint density at radius 2 is 2.27 bits per heavy atom. The van der Waals surface area contributed by atoms with Crippen molar-refractivity contribution in [3.8, 4) is 5.75 Å². The number of carbonyl (C=O) groups is 1. The van der Waals surface area contributed by atoms with Crippen molar-refractivity contribution in [3.63, 3.8) is 0 Å². The van der Waals surface area contributed by atoms with Crippen LogP contribution in [-0.2, 0) is 9.53 Å². The lowest BCUT2D eigenvalue weighted by Gasteiger charge is -2.27. The van der Waals surface area contributed by atoms with Gasteiger partial charge >= 0.3 is 5.97 Å². The zero-order chi connectivity index (χ0) is 16.3. The molecule has 0 aliphatic carbocycles. The molecule has 0 N–H and O–H groups in total. The van der Waals surface area contributed by atoms with E-state index in [9.17, 15) is 4.79 Å². The number of halogens is 2. The molecule has 5 nitrogen and oxygen atoms in total. The number of hydrogen-bond acceptors (Lipinski definition) is 5. The summed E-state index contributed by atoms with van der Waals surface area (Å²) >= 11 is 9.15. The zero-order valence-corrected chi connectivity index (χ0v) is 15.3. The molecule has 0 spiro atoms. The number of carbonyl (C=O) groups excluding carboxylic acids is 1. The lowest BCUT2D eigenvalue weighted by atomic mass is 10.1. The molecule has 0 saturated carbocycles. The highest BCUT2D eigenvalue weighted by atomic mass is 79.9. The highest BCUT2D eigenvalue weighted by Gasteiger charge is 2.34. The summed E-state index contributed by atoms with van der Waals surface area (Å²) in [6, 6.07) is 1.51. The van der Waals surface area contributed by atoms with E-state index in [1.165, 1.54) is 0 Å². The minimum Gasteiger partial charge on any atom is -0.476 e. The third-order valence-corrected chi connectivity index (χ3v) is 4.34. The monoisotopic (exact) mass is 390 g/mol. The van der Waals surface area contributed by atoms with Crippen LogP contribution in [-0.4, -0.2) is 40.8 Å². The molecule has 0 radical (unpaired) electrons. The highest BCUT2D eigenvalue weighted by molar-refractivity contribution is 9.10. The van der Waals surface area contributed by atoms with Crippen LogP contribution in [0.1, 0.15) is 33.6 Å². The Morgan fingerprint density at radius 3 is 2.91 bits per heavy atom. The molecule has 7 heteroatoms. The highest BCUT2D eigenvalue weighted by Crippen LogP contribution is 2.25. The molecular weight excluding hydrogens is 372 g/mol. The maximum atomic E-state index is 12.2. The Kier molecular flexibility index (Phi) is 5.69. The number of rotatable bonds is 4. The van der Waals surface area contributed by atoms with Gasteiger partial charge in [-0.05, 0) is 55.6 Å². The van der Waals surface area contributed by atoms with Gasteiger partial charge in [0.1, 0.15) is 29.3 Å². The fourth-order valence-corrected chi connectivity index (χ4v) is 2.69. The number of aromatic nitrogens is 1. The lowest BCUT2D eigenvalue weighted by Crippen LogP contribution is -2.42. The largest absolute Gasteiger partial charge is 0.476 e. The third-order valence-electron chi connectivity index (χ3n) is 3.21. The Labute approximate surface area is 144 Å². The summed E-state index contributed by atoms with van der Waals surface area (Å²) in [6.07, 6.45) is 3.31. The minimum atomic E-state index is -0.475. The van der Waals surface area contributed by atoms with Crippen LogP contribution in [0.5, 0.6) is 5.75 Å². The molecule has 1 saturated heterocycles. The van der Waals surface area contributed by atoms with Gasteiger partial charge in [0.25, 0.3) is 0 Å². The van der Waals surface area contributed by atoms with Gasteiger partial charge in [0, 0.05) is 6.54 Å². The van der Waals surface area contributed by atoms with Gasteiger partial charge in [-0.3, -0.25) is 9.69 Å². The summed E-state index contributed by atoms with van der Waals surface area (Å²) in [4.78, 5) is 18.2. The van der Waals surface area contributed by atoms with E-state index in [1.54, 1.807) is 12.3 Å². The Bertz CT molecular complexity index is 548. The van der Waals surface area contributed by atoms with Crippen LogP contribution in [0, 0.1) is 0 Å². The van der Waals surface area contributed by atoms with Gasteiger partial charge in [0.15, 0.2) is 0 Å². The van der Waals surface area contributed by atoms with Crippen LogP contribution < -0.4 is 4.74 Å². The molecule has 2 rings (SSSR count). The summed E-state index contributed by atoms with van der Waals surface area (Å²) in [5, 5.41) is 0.389. The first-order chi connectivity index (χ1) is 10.3. The molecule has 1 aliphatic rings. The maximum absolute atomic E-state index is 12.2. The molecule has 2 heterocycles. The maximum Gasteiger partial charge on any atom is 0.323 e. The Balaban J connectivity index is 1.93. The van der Waals surface area contributed by atoms with Crippen molar-refractivity contribution in [3.05, 3.63) is 21.9 Å². The fraction of sp³-hybridized carbons (Fsp3) is 0.600. The number of pyridine rings is 1. The number of likely N-dealkylation sites (tertiary alicyclic amines) is 1. The average Bonchev–Trinajstić information content (AvgIpc) is 2.87. The summed E-state index contributed by atoms with van der Waals surface area (Å²) in [5.74, 6) is 0.412. The van der Waals surface area contributed by atoms with Crippen LogP contribution in [0.3, 0.4) is 0 Å². The van der Waals surface area contributed by atoms with E-state index < -0.39 is 5.60 Å². The van der Waals surface area contributed by atoms with Crippen molar-refractivity contribution < 1.29 is 14.3 Å². The van der Waals surface area contributed by atoms with E-state index in [4.69, 9.17) is 21.1 Å². The molecule has 0 aromatic carbocycles. The minimum absolute atomic E-state index is 0.191. The second kappa shape index (κ2) is 7.15. The molecule has 1 atom stereocenters. The van der Waals surface area contributed by atoms with Crippen molar-refractivity contribution >= 4 is 33.5 Å². The van der Waals surface area contributed by atoms with Crippen molar-refractivity contribution in [2.24, 2.45) is 0 Å². The number of esters is 1. The van der Waals surface area contributed by atoms with E-state index in [0.717, 1.165) is 19.4 Å². The summed E-state index contributed by atoms with van der Waals surface area (Å²) in [6.45, 7) is 6.75. The topological polar surface area (TPSA) is 51.7 Å². The van der Waals surface area contributed by atoms with E-state index >= 15 is 0 Å². The molecule has 122 valence electrons. The van der Waals surface area contributed by atoms with Crippen molar-refractivity contribution in [1.82, 2.24) is 9.88 Å². The van der Waals surface area contributed by atoms with Crippen LogP contribution >= 0.6 is 27.5 Å². The molecule has 0 amide bonds. The molecule has 1 fully saturated rings. The predicted octanol–water partition coefficient (Wildman–Crippen LogP) is 3.64. The first-order valence-corrected chi connectivity index (χ1v) is 8.34. The van der Waals surface area contributed by atoms with Gasteiger partial charge in [-0.25, -0.2) is 4.98 Å². The normalized spacial score (nSPS) is 19.2. The molecule has 1 aromatic heterocycles. The van der Waals surface area contributed by atoms with Gasteiger partial charge in [-0.15, -0.1) is 0 Å². The number of ether oxygens (including phenoxy) is 2. The van der Waals surface area contributed by atoms with Gasteiger partial charge in [-0.1, -0.05) is 11.6 Å². The summed E-state index contributed by atoms with van der Waals surface area (Å²) in [5.41, 5.74) is -0.475. The molecule has 1 aromatic rings. The van der Waals surface area contributed by atoms with Crippen LogP contribution in [0.25, 0.3) is 0 Å². The SMILES string of the molecule is CC(C)(C)OC(=O)[C@H]1CCCN1COc1cnc(Cl)c(Br)c1. The van der Waals surface area contributed by atoms with Gasteiger partial charge < -0.3 is 9.47 Å². The number of hydrogen-bond donors (Lipinski definition) is 0. The summed E-state index contributed by atoms with van der Waals surface area (Å²) < 4.78 is 11.8. The molecule has 0 bridgehead atoms. The molecular formula is C15H20BrClN2O3. The van der Waals surface area contributed by atoms with E-state index in [2.05, 4.69) is 20.9 Å². The van der Waals surface area contributed by atoms with Crippen molar-refractivity contribution in [2.75, 3.05) is 13.3 Å². The van der Waals surface area contributed by atoms with Gasteiger partial charge in [0.2, 0.25) is 0 Å². The lowest BCUT2D eigenvalue weighted by molar-refractivity contribution is -0.161. The fourth-order valence-electron chi connectivity index (χ4n) is 2.26. The third kappa shape index (κ3) is 4.83. The van der Waals surface area contributed by atoms with Crippen LogP contribution in [0.2, 0.25) is 5.15 Å². The van der Waals surface area contributed by atoms with Crippen molar-refractivity contribution in [2.45, 2.75) is 45.3 Å².